The quantitative estimate of drug-likeness (QED) is 0.792. The maximum atomic E-state index is 11.9. The number of carbonyl (C=O) groups excluding carboxylic acids is 1. The smallest absolute Gasteiger partial charge is 0.356 e. The first-order valence-corrected chi connectivity index (χ1v) is 7.42. The summed E-state index contributed by atoms with van der Waals surface area (Å²) in [7, 11) is 0. The molecule has 23 heavy (non-hydrogen) atoms. The second-order valence-corrected chi connectivity index (χ2v) is 5.60. The number of hydrogen-bond acceptors (Lipinski definition) is 4. The zero-order chi connectivity index (χ0) is 17.0. The maximum absolute atomic E-state index is 11.9. The number of nitrogens with one attached hydrogen (secondary N) is 1. The third-order valence-electron chi connectivity index (χ3n) is 3.39. The minimum atomic E-state index is -1.08. The Bertz CT molecular complexity index is 704. The van der Waals surface area contributed by atoms with Crippen molar-refractivity contribution in [3.8, 4) is 0 Å². The first-order chi connectivity index (χ1) is 10.8. The molecule has 8 heteroatoms. The molecule has 0 aliphatic carbocycles. The Morgan fingerprint density at radius 3 is 2.65 bits per heavy atom. The van der Waals surface area contributed by atoms with Gasteiger partial charge in [0.25, 0.3) is 0 Å². The summed E-state index contributed by atoms with van der Waals surface area (Å²) in [5.41, 5.74) is 1.98. The van der Waals surface area contributed by atoms with Crippen LogP contribution in [0.25, 0.3) is 0 Å². The fourth-order valence-corrected chi connectivity index (χ4v) is 2.33. The summed E-state index contributed by atoms with van der Waals surface area (Å²) in [6.45, 7) is 6.78. The van der Waals surface area contributed by atoms with Gasteiger partial charge in [0.15, 0.2) is 5.69 Å². The SMILES string of the molecule is Cc1cc(C)n(CC(C)NC(=O)CCn2ccc(C(=O)O)n2)n1. The van der Waals surface area contributed by atoms with E-state index in [1.165, 1.54) is 10.7 Å². The van der Waals surface area contributed by atoms with Crippen molar-refractivity contribution in [1.29, 1.82) is 0 Å². The average Bonchev–Trinajstić information content (AvgIpc) is 3.04. The molecular weight excluding hydrogens is 298 g/mol. The third-order valence-corrected chi connectivity index (χ3v) is 3.39. The lowest BCUT2D eigenvalue weighted by atomic mass is 10.3. The molecule has 0 fully saturated rings. The molecule has 8 nitrogen and oxygen atoms in total. The Kier molecular flexibility index (Phi) is 5.15. The minimum absolute atomic E-state index is 0.0247. The number of carbonyl (C=O) groups is 2. The van der Waals surface area contributed by atoms with Crippen LogP contribution >= 0.6 is 0 Å². The summed E-state index contributed by atoms with van der Waals surface area (Å²) in [4.78, 5) is 22.7. The highest BCUT2D eigenvalue weighted by Gasteiger charge is 2.11. The van der Waals surface area contributed by atoms with E-state index in [1.807, 2.05) is 31.5 Å². The molecule has 0 saturated heterocycles. The van der Waals surface area contributed by atoms with Gasteiger partial charge in [0, 0.05) is 30.9 Å². The number of rotatable bonds is 7. The van der Waals surface area contributed by atoms with E-state index >= 15 is 0 Å². The van der Waals surface area contributed by atoms with Crippen molar-refractivity contribution in [2.24, 2.45) is 0 Å². The van der Waals surface area contributed by atoms with Crippen molar-refractivity contribution in [2.45, 2.75) is 46.3 Å². The van der Waals surface area contributed by atoms with Gasteiger partial charge in [-0.2, -0.15) is 10.2 Å². The zero-order valence-electron chi connectivity index (χ0n) is 13.5. The van der Waals surface area contributed by atoms with Crippen LogP contribution in [0.15, 0.2) is 18.3 Å². The van der Waals surface area contributed by atoms with Crippen LogP contribution in [0.3, 0.4) is 0 Å². The predicted molar refractivity (Wildman–Crippen MR) is 83.1 cm³/mol. The van der Waals surface area contributed by atoms with Crippen molar-refractivity contribution in [3.63, 3.8) is 0 Å². The van der Waals surface area contributed by atoms with Crippen LogP contribution in [0.1, 0.15) is 35.2 Å². The summed E-state index contributed by atoms with van der Waals surface area (Å²) >= 11 is 0. The number of nitrogens with zero attached hydrogens (tertiary/aromatic N) is 4. The lowest BCUT2D eigenvalue weighted by Gasteiger charge is -2.15. The second kappa shape index (κ2) is 7.08. The Labute approximate surface area is 134 Å². The molecule has 1 atom stereocenters. The van der Waals surface area contributed by atoms with Gasteiger partial charge in [-0.25, -0.2) is 4.79 Å². The Hall–Kier alpha value is -2.64. The number of hydrogen-bond donors (Lipinski definition) is 2. The molecule has 0 radical (unpaired) electrons. The van der Waals surface area contributed by atoms with Gasteiger partial charge in [0.1, 0.15) is 0 Å². The fourth-order valence-electron chi connectivity index (χ4n) is 2.33. The van der Waals surface area contributed by atoms with Crippen molar-refractivity contribution >= 4 is 11.9 Å². The number of amides is 1. The molecule has 0 saturated carbocycles. The number of carboxylic acid groups (broad SMARTS) is 1. The lowest BCUT2D eigenvalue weighted by Crippen LogP contribution is -2.36. The van der Waals surface area contributed by atoms with E-state index in [0.29, 0.717) is 13.1 Å². The average molecular weight is 319 g/mol. The van der Waals surface area contributed by atoms with Crippen molar-refractivity contribution in [1.82, 2.24) is 24.9 Å². The summed E-state index contributed by atoms with van der Waals surface area (Å²) in [5.74, 6) is -1.18. The van der Waals surface area contributed by atoms with E-state index < -0.39 is 5.97 Å². The Balaban J connectivity index is 1.79. The zero-order valence-corrected chi connectivity index (χ0v) is 13.5. The number of aromatic nitrogens is 4. The van der Waals surface area contributed by atoms with Crippen LogP contribution in [0.2, 0.25) is 0 Å². The largest absolute Gasteiger partial charge is 0.476 e. The van der Waals surface area contributed by atoms with Gasteiger partial charge in [-0.1, -0.05) is 0 Å². The molecule has 2 heterocycles. The standard InChI is InChI=1S/C15H21N5O3/c1-10-8-12(3)20(17-10)9-11(2)16-14(21)5-7-19-6-4-13(18-19)15(22)23/h4,6,8,11H,5,7,9H2,1-3H3,(H,16,21)(H,22,23). The molecule has 0 aliphatic heterocycles. The second-order valence-electron chi connectivity index (χ2n) is 5.60. The first-order valence-electron chi connectivity index (χ1n) is 7.42. The van der Waals surface area contributed by atoms with Crippen molar-refractivity contribution in [2.75, 3.05) is 0 Å². The van der Waals surface area contributed by atoms with Crippen LogP contribution in [-0.4, -0.2) is 42.6 Å². The molecule has 1 amide bonds. The lowest BCUT2D eigenvalue weighted by molar-refractivity contribution is -0.122. The molecule has 2 N–H and O–H groups in total. The van der Waals surface area contributed by atoms with E-state index in [-0.39, 0.29) is 24.1 Å². The molecule has 0 bridgehead atoms. The van der Waals surface area contributed by atoms with E-state index in [2.05, 4.69) is 15.5 Å². The third kappa shape index (κ3) is 4.67. The Morgan fingerprint density at radius 1 is 1.35 bits per heavy atom. The highest BCUT2D eigenvalue weighted by Crippen LogP contribution is 2.03. The Morgan fingerprint density at radius 2 is 2.09 bits per heavy atom. The molecule has 0 aromatic carbocycles. The number of carboxylic acids is 1. The molecule has 2 aromatic rings. The van der Waals surface area contributed by atoms with E-state index in [0.717, 1.165) is 11.4 Å². The van der Waals surface area contributed by atoms with Crippen molar-refractivity contribution in [3.05, 3.63) is 35.4 Å². The van der Waals surface area contributed by atoms with E-state index in [9.17, 15) is 9.59 Å². The van der Waals surface area contributed by atoms with Crippen LogP contribution in [0, 0.1) is 13.8 Å². The number of aromatic carboxylic acids is 1. The summed E-state index contributed by atoms with van der Waals surface area (Å²) in [6, 6.07) is 3.35. The van der Waals surface area contributed by atoms with Gasteiger partial charge >= 0.3 is 5.97 Å². The summed E-state index contributed by atoms with van der Waals surface area (Å²) in [5, 5.41) is 19.9. The summed E-state index contributed by atoms with van der Waals surface area (Å²) in [6.07, 6.45) is 1.79. The van der Waals surface area contributed by atoms with E-state index in [1.54, 1.807) is 6.20 Å². The predicted octanol–water partition coefficient (Wildman–Crippen LogP) is 0.990. The molecule has 2 aromatic heterocycles. The maximum Gasteiger partial charge on any atom is 0.356 e. The van der Waals surface area contributed by atoms with Crippen LogP contribution in [0.4, 0.5) is 0 Å². The van der Waals surface area contributed by atoms with Gasteiger partial charge in [-0.15, -0.1) is 0 Å². The highest BCUT2D eigenvalue weighted by molar-refractivity contribution is 5.85. The van der Waals surface area contributed by atoms with E-state index in [4.69, 9.17) is 5.11 Å². The molecule has 2 rings (SSSR count). The molecular formula is C15H21N5O3. The fraction of sp³-hybridized carbons (Fsp3) is 0.467. The molecule has 124 valence electrons. The van der Waals surface area contributed by atoms with Gasteiger partial charge in [0.2, 0.25) is 5.91 Å². The van der Waals surface area contributed by atoms with Crippen molar-refractivity contribution < 1.29 is 14.7 Å². The topological polar surface area (TPSA) is 102 Å². The van der Waals surface area contributed by atoms with Gasteiger partial charge in [-0.05, 0) is 32.9 Å². The van der Waals surface area contributed by atoms with Crippen LogP contribution < -0.4 is 5.32 Å². The number of aryl methyl sites for hydroxylation is 3. The molecule has 0 aliphatic rings. The van der Waals surface area contributed by atoms with Gasteiger partial charge in [0.05, 0.1) is 12.2 Å². The first kappa shape index (κ1) is 16.7. The van der Waals surface area contributed by atoms with Gasteiger partial charge < -0.3 is 10.4 Å². The minimum Gasteiger partial charge on any atom is -0.476 e. The molecule has 0 spiro atoms. The monoisotopic (exact) mass is 319 g/mol. The molecule has 1 unspecified atom stereocenters. The van der Waals surface area contributed by atoms with Crippen LogP contribution in [0.5, 0.6) is 0 Å². The summed E-state index contributed by atoms with van der Waals surface area (Å²) < 4.78 is 3.32. The normalized spacial score (nSPS) is 12.1. The highest BCUT2D eigenvalue weighted by atomic mass is 16.4. The van der Waals surface area contributed by atoms with Gasteiger partial charge in [-0.3, -0.25) is 14.2 Å². The van der Waals surface area contributed by atoms with Crippen LogP contribution in [-0.2, 0) is 17.9 Å².